The van der Waals surface area contributed by atoms with Gasteiger partial charge in [-0.05, 0) is 42.3 Å². The van der Waals surface area contributed by atoms with Crippen LogP contribution in [0, 0.1) is 11.6 Å². The number of nitrogens with one attached hydrogen (secondary N) is 1. The molecule has 0 heterocycles. The van der Waals surface area contributed by atoms with Crippen LogP contribution in [0.1, 0.15) is 38.3 Å². The minimum Gasteiger partial charge on any atom is -0.288 e. The Labute approximate surface area is 168 Å². The van der Waals surface area contributed by atoms with Crippen LogP contribution in [0.15, 0.2) is 54.6 Å². The molecule has 2 aromatic carbocycles. The van der Waals surface area contributed by atoms with Crippen LogP contribution in [0.4, 0.5) is 8.78 Å². The molecule has 2 rings (SSSR count). The highest BCUT2D eigenvalue weighted by atomic mass is 35.5. The molecule has 0 aromatic heterocycles. The third-order valence-electron chi connectivity index (χ3n) is 3.62. The fourth-order valence-electron chi connectivity index (χ4n) is 2.12. The zero-order valence-electron chi connectivity index (χ0n) is 16.0. The molecule has 0 unspecified atom stereocenters. The van der Waals surface area contributed by atoms with Gasteiger partial charge in [0.2, 0.25) is 0 Å². The monoisotopic (exact) mass is 405 g/mol. The maximum atomic E-state index is 14.2. The van der Waals surface area contributed by atoms with E-state index in [0.29, 0.717) is 23.1 Å². The van der Waals surface area contributed by atoms with Gasteiger partial charge in [0.15, 0.2) is 0 Å². The zero-order chi connectivity index (χ0) is 21.3. The van der Waals surface area contributed by atoms with Gasteiger partial charge in [-0.2, -0.15) is 0 Å². The maximum Gasteiger partial charge on any atom is 0.258 e. The van der Waals surface area contributed by atoms with Crippen molar-refractivity contribution in [2.24, 2.45) is 0 Å². The lowest BCUT2D eigenvalue weighted by Gasteiger charge is -2.11. The Hall–Kier alpha value is -2.79. The molecule has 2 aromatic rings. The zero-order valence-corrected chi connectivity index (χ0v) is 16.7. The van der Waals surface area contributed by atoms with Gasteiger partial charge in [0.25, 0.3) is 11.8 Å². The Morgan fingerprint density at radius 2 is 1.68 bits per heavy atom. The minimum atomic E-state index is -0.915. The molecule has 0 saturated carbocycles. The molecule has 6 heteroatoms. The van der Waals surface area contributed by atoms with Crippen molar-refractivity contribution in [3.05, 3.63) is 82.4 Å². The van der Waals surface area contributed by atoms with Crippen molar-refractivity contribution in [2.45, 2.75) is 27.2 Å². The summed E-state index contributed by atoms with van der Waals surface area (Å²) in [4.78, 5) is 24.5. The number of benzene rings is 2. The molecule has 0 radical (unpaired) electrons. The second kappa shape index (κ2) is 11.1. The molecule has 3 nitrogen and oxygen atoms in total. The Bertz CT molecular complexity index is 890. The molecule has 0 bridgehead atoms. The van der Waals surface area contributed by atoms with Crippen LogP contribution in [0.3, 0.4) is 0 Å². The van der Waals surface area contributed by atoms with Crippen LogP contribution in [0.25, 0.3) is 11.6 Å². The molecule has 148 valence electrons. The van der Waals surface area contributed by atoms with Crippen molar-refractivity contribution in [1.29, 1.82) is 0 Å². The van der Waals surface area contributed by atoms with Gasteiger partial charge >= 0.3 is 0 Å². The summed E-state index contributed by atoms with van der Waals surface area (Å²) in [5.41, 5.74) is 0.518. The van der Waals surface area contributed by atoms with E-state index in [1.807, 2.05) is 13.8 Å². The van der Waals surface area contributed by atoms with Crippen LogP contribution < -0.4 is 5.32 Å². The highest BCUT2D eigenvalue weighted by molar-refractivity contribution is 6.31. The summed E-state index contributed by atoms with van der Waals surface area (Å²) in [7, 11) is 0. The Balaban J connectivity index is 0.00000190. The van der Waals surface area contributed by atoms with Gasteiger partial charge in [-0.25, -0.2) is 8.78 Å². The normalized spacial score (nSPS) is 10.6. The predicted octanol–water partition coefficient (Wildman–Crippen LogP) is 5.79. The second-order valence-corrected chi connectivity index (χ2v) is 5.91. The van der Waals surface area contributed by atoms with Crippen LogP contribution in [0.5, 0.6) is 0 Å². The largest absolute Gasteiger partial charge is 0.288 e. The van der Waals surface area contributed by atoms with E-state index in [0.717, 1.165) is 12.1 Å². The van der Waals surface area contributed by atoms with E-state index in [4.69, 9.17) is 11.6 Å². The summed E-state index contributed by atoms with van der Waals surface area (Å²) >= 11 is 5.83. The highest BCUT2D eigenvalue weighted by Gasteiger charge is 2.19. The molecule has 1 N–H and O–H groups in total. The van der Waals surface area contributed by atoms with Gasteiger partial charge < -0.3 is 0 Å². The summed E-state index contributed by atoms with van der Waals surface area (Å²) in [5, 5.41) is 2.67. The minimum absolute atomic E-state index is 0.123. The van der Waals surface area contributed by atoms with E-state index in [-0.39, 0.29) is 16.7 Å². The van der Waals surface area contributed by atoms with Gasteiger partial charge in [0, 0.05) is 22.2 Å². The molecule has 28 heavy (non-hydrogen) atoms. The van der Waals surface area contributed by atoms with Crippen molar-refractivity contribution < 1.29 is 18.4 Å². The van der Waals surface area contributed by atoms with Gasteiger partial charge in [-0.3, -0.25) is 14.9 Å². The van der Waals surface area contributed by atoms with Gasteiger partial charge in [-0.1, -0.05) is 51.1 Å². The average Bonchev–Trinajstić information content (AvgIpc) is 2.68. The van der Waals surface area contributed by atoms with Crippen molar-refractivity contribution in [3.8, 4) is 0 Å². The molecular weight excluding hydrogens is 384 g/mol. The summed E-state index contributed by atoms with van der Waals surface area (Å²) in [6, 6.07) is 9.32. The van der Waals surface area contributed by atoms with Crippen molar-refractivity contribution in [1.82, 2.24) is 5.32 Å². The maximum absolute atomic E-state index is 14.2. The van der Waals surface area contributed by atoms with E-state index in [9.17, 15) is 18.4 Å². The first-order valence-corrected chi connectivity index (χ1v) is 9.15. The number of amides is 2. The number of hydrogen-bond acceptors (Lipinski definition) is 2. The van der Waals surface area contributed by atoms with Crippen molar-refractivity contribution in [3.63, 3.8) is 0 Å². The molecule has 0 aliphatic heterocycles. The van der Waals surface area contributed by atoms with Crippen LogP contribution in [-0.2, 0) is 9.59 Å². The first-order valence-electron chi connectivity index (χ1n) is 8.78. The second-order valence-electron chi connectivity index (χ2n) is 5.47. The SMILES string of the molecule is C=C(CC)C(=O)NC(=O)/C(=C/c1ccc(Cl)cc1)c1ccc(F)cc1F.CC. The Morgan fingerprint density at radius 1 is 1.07 bits per heavy atom. The Morgan fingerprint density at radius 3 is 2.21 bits per heavy atom. The number of halogens is 3. The summed E-state index contributed by atoms with van der Waals surface area (Å²) in [6.45, 7) is 9.28. The van der Waals surface area contributed by atoms with Crippen LogP contribution >= 0.6 is 11.6 Å². The van der Waals surface area contributed by atoms with Crippen LogP contribution in [-0.4, -0.2) is 11.8 Å². The fourth-order valence-corrected chi connectivity index (χ4v) is 2.24. The fraction of sp³-hybridized carbons (Fsp3) is 0.182. The lowest BCUT2D eigenvalue weighted by atomic mass is 10.0. The molecule has 0 atom stereocenters. The quantitative estimate of drug-likeness (QED) is 0.505. The third kappa shape index (κ3) is 6.43. The van der Waals surface area contributed by atoms with E-state index < -0.39 is 23.4 Å². The van der Waals surface area contributed by atoms with Crippen molar-refractivity contribution >= 4 is 35.1 Å². The van der Waals surface area contributed by atoms with Crippen molar-refractivity contribution in [2.75, 3.05) is 0 Å². The van der Waals surface area contributed by atoms with E-state index in [1.54, 1.807) is 31.2 Å². The molecule has 0 spiro atoms. The van der Waals surface area contributed by atoms with Gasteiger partial charge in [-0.15, -0.1) is 0 Å². The predicted molar refractivity (Wildman–Crippen MR) is 110 cm³/mol. The third-order valence-corrected chi connectivity index (χ3v) is 3.87. The average molecular weight is 406 g/mol. The first kappa shape index (κ1) is 23.2. The summed E-state index contributed by atoms with van der Waals surface area (Å²) < 4.78 is 27.4. The van der Waals surface area contributed by atoms with Gasteiger partial charge in [0.05, 0.1) is 5.57 Å². The van der Waals surface area contributed by atoms with Gasteiger partial charge in [0.1, 0.15) is 11.6 Å². The van der Waals surface area contributed by atoms with E-state index in [1.165, 1.54) is 6.08 Å². The molecule has 0 saturated heterocycles. The standard InChI is InChI=1S/C20H16ClF2NO2.C2H6/c1-3-12(2)19(25)24-20(26)17(10-13-4-6-14(21)7-5-13)16-9-8-15(22)11-18(16)23;1-2/h4-11H,2-3H2,1H3,(H,24,25,26);1-2H3/b17-10+;. The summed E-state index contributed by atoms with van der Waals surface area (Å²) in [5.74, 6) is -3.15. The molecule has 0 aliphatic rings. The van der Waals surface area contributed by atoms with Crippen LogP contribution in [0.2, 0.25) is 5.02 Å². The lowest BCUT2D eigenvalue weighted by molar-refractivity contribution is -0.125. The molecular formula is C22H22ClF2NO2. The number of hydrogen-bond donors (Lipinski definition) is 1. The highest BCUT2D eigenvalue weighted by Crippen LogP contribution is 2.23. The Kier molecular flexibility index (Phi) is 9.25. The number of rotatable bonds is 5. The number of carbonyl (C=O) groups excluding carboxylic acids is 2. The number of carbonyl (C=O) groups is 2. The number of imide groups is 1. The molecule has 2 amide bonds. The topological polar surface area (TPSA) is 46.2 Å². The smallest absolute Gasteiger partial charge is 0.258 e. The van der Waals surface area contributed by atoms with E-state index in [2.05, 4.69) is 11.9 Å². The molecule has 0 aliphatic carbocycles. The summed E-state index contributed by atoms with van der Waals surface area (Å²) in [6.07, 6.45) is 1.75. The van der Waals surface area contributed by atoms with E-state index >= 15 is 0 Å². The molecule has 0 fully saturated rings. The lowest BCUT2D eigenvalue weighted by Crippen LogP contribution is -2.32. The first-order chi connectivity index (χ1) is 13.3.